The lowest BCUT2D eigenvalue weighted by molar-refractivity contribution is -0.138. The molecule has 1 aliphatic rings. The third kappa shape index (κ3) is 3.43. The fraction of sp³-hybridized carbons (Fsp3) is 0.750. The molecule has 0 N–H and O–H groups in total. The quantitative estimate of drug-likeness (QED) is 0.509. The van der Waals surface area contributed by atoms with Crippen molar-refractivity contribution in [3.05, 3.63) is 0 Å². The van der Waals surface area contributed by atoms with Gasteiger partial charge in [-0.15, -0.1) is 0 Å². The van der Waals surface area contributed by atoms with Crippen LogP contribution in [-0.2, 0) is 14.4 Å². The van der Waals surface area contributed by atoms with Crippen molar-refractivity contribution in [3.63, 3.8) is 0 Å². The summed E-state index contributed by atoms with van der Waals surface area (Å²) in [5.41, 5.74) is 0. The molecule has 2 amide bonds. The Balaban J connectivity index is 2.18. The number of hydrogen-bond acceptors (Lipinski definition) is 3. The van der Waals surface area contributed by atoms with Crippen LogP contribution in [0.5, 0.6) is 0 Å². The number of unbranched alkanes of at least 4 members (excludes halogenated alkanes) is 1. The summed E-state index contributed by atoms with van der Waals surface area (Å²) in [6.07, 6.45) is 2.74. The summed E-state index contributed by atoms with van der Waals surface area (Å²) in [4.78, 5) is 35.2. The highest BCUT2D eigenvalue weighted by Crippen LogP contribution is 2.13. The Labute approximate surface area is 96.0 Å². The molecule has 0 atom stereocenters. The van der Waals surface area contributed by atoms with Crippen molar-refractivity contribution < 1.29 is 14.4 Å². The molecule has 1 heterocycles. The first-order valence-corrected chi connectivity index (χ1v) is 5.88. The van der Waals surface area contributed by atoms with Gasteiger partial charge in [0.05, 0.1) is 0 Å². The van der Waals surface area contributed by atoms with Gasteiger partial charge in [-0.3, -0.25) is 19.3 Å². The topological polar surface area (TPSA) is 54.5 Å². The zero-order valence-electron chi connectivity index (χ0n) is 9.99. The molecule has 0 spiro atoms. The highest BCUT2D eigenvalue weighted by molar-refractivity contribution is 6.01. The lowest BCUT2D eigenvalue weighted by Crippen LogP contribution is -2.30. The van der Waals surface area contributed by atoms with E-state index in [-0.39, 0.29) is 23.5 Å². The molecule has 1 rings (SSSR count). The second kappa shape index (κ2) is 5.77. The predicted octanol–water partition coefficient (Wildman–Crippen LogP) is 1.53. The van der Waals surface area contributed by atoms with Crippen LogP contribution < -0.4 is 0 Å². The van der Waals surface area contributed by atoms with Crippen molar-refractivity contribution in [1.82, 2.24) is 4.90 Å². The van der Waals surface area contributed by atoms with Crippen LogP contribution >= 0.6 is 0 Å². The molecule has 0 unspecified atom stereocenters. The summed E-state index contributed by atoms with van der Waals surface area (Å²) < 4.78 is 0. The molecule has 0 aromatic heterocycles. The van der Waals surface area contributed by atoms with Crippen molar-refractivity contribution in [1.29, 1.82) is 0 Å². The maximum absolute atomic E-state index is 11.3. The number of rotatable bonds is 6. The van der Waals surface area contributed by atoms with Gasteiger partial charge >= 0.3 is 0 Å². The largest absolute Gasteiger partial charge is 0.299 e. The summed E-state index contributed by atoms with van der Waals surface area (Å²) in [5, 5.41) is 0. The number of likely N-dealkylation sites (tertiary alicyclic amines) is 1. The molecule has 16 heavy (non-hydrogen) atoms. The van der Waals surface area contributed by atoms with E-state index >= 15 is 0 Å². The van der Waals surface area contributed by atoms with E-state index in [4.69, 9.17) is 0 Å². The SMILES string of the molecule is CC(C)C(=O)CCCCN1C(=O)CCC1=O. The van der Waals surface area contributed by atoms with E-state index in [2.05, 4.69) is 0 Å². The van der Waals surface area contributed by atoms with Gasteiger partial charge < -0.3 is 0 Å². The first-order valence-electron chi connectivity index (χ1n) is 5.88. The molecule has 90 valence electrons. The molecule has 4 nitrogen and oxygen atoms in total. The van der Waals surface area contributed by atoms with E-state index < -0.39 is 0 Å². The van der Waals surface area contributed by atoms with Gasteiger partial charge in [0.15, 0.2) is 0 Å². The van der Waals surface area contributed by atoms with Gasteiger partial charge in [0.1, 0.15) is 5.78 Å². The number of amides is 2. The lowest BCUT2D eigenvalue weighted by Gasteiger charge is -2.13. The number of imide groups is 1. The molecule has 1 saturated heterocycles. The fourth-order valence-corrected chi connectivity index (χ4v) is 1.73. The Morgan fingerprint density at radius 1 is 1.19 bits per heavy atom. The van der Waals surface area contributed by atoms with E-state index in [1.54, 1.807) is 0 Å². The number of carbonyl (C=O) groups excluding carboxylic acids is 3. The monoisotopic (exact) mass is 225 g/mol. The molecule has 0 aromatic rings. The van der Waals surface area contributed by atoms with Gasteiger partial charge in [-0.25, -0.2) is 0 Å². The number of nitrogens with zero attached hydrogens (tertiary/aromatic N) is 1. The second-order valence-electron chi connectivity index (χ2n) is 4.52. The maximum Gasteiger partial charge on any atom is 0.229 e. The normalized spacial score (nSPS) is 16.3. The van der Waals surface area contributed by atoms with Crippen LogP contribution in [0.15, 0.2) is 0 Å². The minimum absolute atomic E-state index is 0.0693. The lowest BCUT2D eigenvalue weighted by atomic mass is 10.0. The van der Waals surface area contributed by atoms with Crippen molar-refractivity contribution in [2.24, 2.45) is 5.92 Å². The summed E-state index contributed by atoms with van der Waals surface area (Å²) in [6.45, 7) is 4.24. The molecule has 4 heteroatoms. The van der Waals surface area contributed by atoms with Crippen molar-refractivity contribution in [2.75, 3.05) is 6.54 Å². The van der Waals surface area contributed by atoms with E-state index in [0.29, 0.717) is 25.8 Å². The summed E-state index contributed by atoms with van der Waals surface area (Å²) >= 11 is 0. The van der Waals surface area contributed by atoms with Crippen LogP contribution in [0.1, 0.15) is 46.0 Å². The standard InChI is InChI=1S/C12H19NO3/c1-9(2)10(14)5-3-4-8-13-11(15)6-7-12(13)16/h9H,3-8H2,1-2H3. The van der Waals surface area contributed by atoms with Crippen molar-refractivity contribution in [2.45, 2.75) is 46.0 Å². The van der Waals surface area contributed by atoms with Gasteiger partial charge in [-0.05, 0) is 12.8 Å². The van der Waals surface area contributed by atoms with E-state index in [1.807, 2.05) is 13.8 Å². The van der Waals surface area contributed by atoms with Gasteiger partial charge in [-0.1, -0.05) is 13.8 Å². The molecule has 0 saturated carbocycles. The van der Waals surface area contributed by atoms with Crippen LogP contribution in [0.25, 0.3) is 0 Å². The number of Topliss-reactive ketones (excluding diaryl/α,β-unsaturated/α-hetero) is 1. The summed E-state index contributed by atoms with van der Waals surface area (Å²) in [7, 11) is 0. The van der Waals surface area contributed by atoms with Gasteiger partial charge in [-0.2, -0.15) is 0 Å². The first kappa shape index (κ1) is 12.9. The minimum atomic E-state index is -0.0693. The van der Waals surface area contributed by atoms with Crippen LogP contribution in [-0.4, -0.2) is 29.0 Å². The van der Waals surface area contributed by atoms with Crippen molar-refractivity contribution in [3.8, 4) is 0 Å². The Morgan fingerprint density at radius 2 is 1.75 bits per heavy atom. The Hall–Kier alpha value is -1.19. The Bertz CT molecular complexity index is 281. The molecule has 0 bridgehead atoms. The maximum atomic E-state index is 11.3. The zero-order chi connectivity index (χ0) is 12.1. The molecule has 1 aliphatic heterocycles. The number of hydrogen-bond donors (Lipinski definition) is 0. The molecular weight excluding hydrogens is 206 g/mol. The first-order chi connectivity index (χ1) is 7.52. The molecular formula is C12H19NO3. The average Bonchev–Trinajstić information content (AvgIpc) is 2.54. The fourth-order valence-electron chi connectivity index (χ4n) is 1.73. The van der Waals surface area contributed by atoms with Crippen LogP contribution in [0.3, 0.4) is 0 Å². The van der Waals surface area contributed by atoms with Crippen LogP contribution in [0.4, 0.5) is 0 Å². The van der Waals surface area contributed by atoms with Gasteiger partial charge in [0.25, 0.3) is 0 Å². The van der Waals surface area contributed by atoms with Crippen molar-refractivity contribution >= 4 is 17.6 Å². The van der Waals surface area contributed by atoms with Gasteiger partial charge in [0.2, 0.25) is 11.8 Å². The second-order valence-corrected chi connectivity index (χ2v) is 4.52. The third-order valence-electron chi connectivity index (χ3n) is 2.85. The summed E-state index contributed by atoms with van der Waals surface area (Å²) in [5.74, 6) is 0.189. The van der Waals surface area contributed by atoms with Crippen LogP contribution in [0.2, 0.25) is 0 Å². The Kier molecular flexibility index (Phi) is 4.65. The van der Waals surface area contributed by atoms with Crippen LogP contribution in [0, 0.1) is 5.92 Å². The zero-order valence-corrected chi connectivity index (χ0v) is 9.99. The third-order valence-corrected chi connectivity index (χ3v) is 2.85. The molecule has 0 aromatic carbocycles. The van der Waals surface area contributed by atoms with E-state index in [9.17, 15) is 14.4 Å². The van der Waals surface area contributed by atoms with E-state index in [0.717, 1.165) is 12.8 Å². The molecule has 1 fully saturated rings. The molecule has 0 radical (unpaired) electrons. The summed E-state index contributed by atoms with van der Waals surface area (Å²) in [6, 6.07) is 0. The average molecular weight is 225 g/mol. The minimum Gasteiger partial charge on any atom is -0.299 e. The van der Waals surface area contributed by atoms with Gasteiger partial charge in [0, 0.05) is 31.7 Å². The van der Waals surface area contributed by atoms with E-state index in [1.165, 1.54) is 4.90 Å². The highest BCUT2D eigenvalue weighted by Gasteiger charge is 2.27. The number of carbonyl (C=O) groups is 3. The Morgan fingerprint density at radius 3 is 2.25 bits per heavy atom. The predicted molar refractivity (Wildman–Crippen MR) is 59.7 cm³/mol. The highest BCUT2D eigenvalue weighted by atomic mass is 16.2. The number of ketones is 1. The smallest absolute Gasteiger partial charge is 0.229 e. The molecule has 0 aliphatic carbocycles.